The molecule has 1 aliphatic carbocycles. The van der Waals surface area contributed by atoms with Crippen LogP contribution in [0.15, 0.2) is 53.0 Å². The van der Waals surface area contributed by atoms with Crippen molar-refractivity contribution in [2.75, 3.05) is 0 Å². The predicted octanol–water partition coefficient (Wildman–Crippen LogP) is 4.18. The van der Waals surface area contributed by atoms with Crippen molar-refractivity contribution in [3.8, 4) is 0 Å². The molecule has 0 unspecified atom stereocenters. The number of carboxylic acid groups (broad SMARTS) is 1. The van der Waals surface area contributed by atoms with E-state index >= 15 is 0 Å². The van der Waals surface area contributed by atoms with E-state index in [0.29, 0.717) is 17.5 Å². The maximum atomic E-state index is 10.8. The molecule has 1 fully saturated rings. The zero-order valence-corrected chi connectivity index (χ0v) is 13.7. The van der Waals surface area contributed by atoms with Gasteiger partial charge in [0.2, 0.25) is 0 Å². The van der Waals surface area contributed by atoms with Crippen molar-refractivity contribution in [2.45, 2.75) is 31.3 Å². The van der Waals surface area contributed by atoms with Crippen LogP contribution in [0.3, 0.4) is 0 Å². The van der Waals surface area contributed by atoms with Gasteiger partial charge in [-0.05, 0) is 54.2 Å². The van der Waals surface area contributed by atoms with Crippen LogP contribution in [0.5, 0.6) is 0 Å². The van der Waals surface area contributed by atoms with Crippen LogP contribution in [0.1, 0.15) is 40.2 Å². The Labute approximate surface area is 138 Å². The smallest absolute Gasteiger partial charge is 0.335 e. The van der Waals surface area contributed by atoms with Gasteiger partial charge in [0.1, 0.15) is 0 Å². The molecular weight excluding hydrogens is 342 g/mol. The van der Waals surface area contributed by atoms with Gasteiger partial charge in [-0.25, -0.2) is 4.79 Å². The average molecular weight is 360 g/mol. The molecule has 2 aromatic rings. The molecule has 0 heterocycles. The van der Waals surface area contributed by atoms with Crippen LogP contribution in [0.2, 0.25) is 0 Å². The van der Waals surface area contributed by atoms with Crippen LogP contribution >= 0.6 is 15.9 Å². The quantitative estimate of drug-likeness (QED) is 0.841. The van der Waals surface area contributed by atoms with Gasteiger partial charge in [-0.15, -0.1) is 0 Å². The molecule has 1 aliphatic rings. The Hall–Kier alpha value is -1.65. The fraction of sp³-hybridized carbons (Fsp3) is 0.278. The molecule has 1 saturated carbocycles. The summed E-state index contributed by atoms with van der Waals surface area (Å²) in [5.74, 6) is -0.226. The number of hydrogen-bond acceptors (Lipinski definition) is 2. The Morgan fingerprint density at radius 3 is 2.32 bits per heavy atom. The third kappa shape index (κ3) is 3.57. The first-order chi connectivity index (χ1) is 10.6. The molecule has 0 spiro atoms. The summed E-state index contributed by atoms with van der Waals surface area (Å²) in [5.41, 5.74) is 2.87. The van der Waals surface area contributed by atoms with Crippen LogP contribution in [0.4, 0.5) is 0 Å². The number of hydrogen-bond donors (Lipinski definition) is 2. The molecule has 0 radical (unpaired) electrons. The Kier molecular flexibility index (Phi) is 4.60. The minimum atomic E-state index is -0.879. The van der Waals surface area contributed by atoms with E-state index in [1.165, 1.54) is 5.56 Å². The highest BCUT2D eigenvalue weighted by Crippen LogP contribution is 2.37. The second-order valence-corrected chi connectivity index (χ2v) is 6.72. The molecule has 0 atom stereocenters. The largest absolute Gasteiger partial charge is 0.478 e. The summed E-state index contributed by atoms with van der Waals surface area (Å²) in [4.78, 5) is 10.8. The maximum Gasteiger partial charge on any atom is 0.335 e. The lowest BCUT2D eigenvalue weighted by Gasteiger charge is -2.36. The maximum absolute atomic E-state index is 10.8. The molecule has 4 heteroatoms. The number of nitrogens with one attached hydrogen (secondary N) is 1. The third-order valence-electron chi connectivity index (χ3n) is 4.28. The molecule has 114 valence electrons. The molecule has 0 bridgehead atoms. The number of rotatable bonds is 5. The molecular formula is C18H18BrNO2. The van der Waals surface area contributed by atoms with Gasteiger partial charge in [-0.1, -0.05) is 40.2 Å². The summed E-state index contributed by atoms with van der Waals surface area (Å²) in [6, 6.07) is 16.2. The lowest BCUT2D eigenvalue weighted by molar-refractivity contribution is 0.0697. The number of carboxylic acids is 1. The third-order valence-corrected chi connectivity index (χ3v) is 4.80. The molecule has 0 saturated heterocycles. The fourth-order valence-electron chi connectivity index (χ4n) is 2.82. The van der Waals surface area contributed by atoms with Gasteiger partial charge in [-0.3, -0.25) is 0 Å². The summed E-state index contributed by atoms with van der Waals surface area (Å²) >= 11 is 3.46. The molecule has 22 heavy (non-hydrogen) atoms. The summed E-state index contributed by atoms with van der Waals surface area (Å²) < 4.78 is 1.12. The van der Waals surface area contributed by atoms with Crippen LogP contribution in [-0.2, 0) is 6.54 Å². The zero-order valence-electron chi connectivity index (χ0n) is 12.1. The van der Waals surface area contributed by atoms with E-state index in [-0.39, 0.29) is 0 Å². The van der Waals surface area contributed by atoms with E-state index in [4.69, 9.17) is 5.11 Å². The first kappa shape index (κ1) is 15.3. The van der Waals surface area contributed by atoms with E-state index in [2.05, 4.69) is 45.5 Å². The molecule has 0 amide bonds. The second-order valence-electron chi connectivity index (χ2n) is 5.80. The summed E-state index contributed by atoms with van der Waals surface area (Å²) in [5, 5.41) is 12.4. The van der Waals surface area contributed by atoms with Gasteiger partial charge in [0.05, 0.1) is 5.56 Å². The van der Waals surface area contributed by atoms with Gasteiger partial charge in [0.25, 0.3) is 0 Å². The Morgan fingerprint density at radius 2 is 1.73 bits per heavy atom. The topological polar surface area (TPSA) is 49.3 Å². The Morgan fingerprint density at radius 1 is 1.09 bits per heavy atom. The molecule has 0 aliphatic heterocycles. The van der Waals surface area contributed by atoms with Crippen molar-refractivity contribution < 1.29 is 9.90 Å². The lowest BCUT2D eigenvalue weighted by Crippen LogP contribution is -2.39. The van der Waals surface area contributed by atoms with Gasteiger partial charge >= 0.3 is 5.97 Å². The predicted molar refractivity (Wildman–Crippen MR) is 90.1 cm³/mol. The zero-order chi connectivity index (χ0) is 15.5. The van der Waals surface area contributed by atoms with E-state index in [9.17, 15) is 4.79 Å². The van der Waals surface area contributed by atoms with Crippen LogP contribution in [0.25, 0.3) is 0 Å². The fourth-order valence-corrected chi connectivity index (χ4v) is 3.08. The van der Waals surface area contributed by atoms with Crippen molar-refractivity contribution in [1.29, 1.82) is 0 Å². The van der Waals surface area contributed by atoms with Gasteiger partial charge in [0, 0.05) is 17.1 Å². The van der Waals surface area contributed by atoms with E-state index < -0.39 is 5.97 Å². The van der Waals surface area contributed by atoms with Crippen molar-refractivity contribution >= 4 is 21.9 Å². The summed E-state index contributed by atoms with van der Waals surface area (Å²) in [7, 11) is 0. The van der Waals surface area contributed by atoms with E-state index in [1.54, 1.807) is 12.1 Å². The monoisotopic (exact) mass is 359 g/mol. The number of aromatic carboxylic acids is 1. The van der Waals surface area contributed by atoms with Crippen LogP contribution < -0.4 is 5.32 Å². The second kappa shape index (κ2) is 6.63. The van der Waals surface area contributed by atoms with Crippen molar-refractivity contribution in [2.24, 2.45) is 0 Å². The summed E-state index contributed by atoms with van der Waals surface area (Å²) in [6.45, 7) is 0.789. The molecule has 3 rings (SSSR count). The van der Waals surface area contributed by atoms with E-state index in [1.807, 2.05) is 12.1 Å². The van der Waals surface area contributed by atoms with Crippen molar-refractivity contribution in [1.82, 2.24) is 5.32 Å². The first-order valence-electron chi connectivity index (χ1n) is 7.43. The van der Waals surface area contributed by atoms with Crippen LogP contribution in [-0.4, -0.2) is 17.1 Å². The SMILES string of the molecule is O=C(O)c1ccc(CNC2CC(c3ccc(Br)cc3)C2)cc1. The van der Waals surface area contributed by atoms with Crippen LogP contribution in [0, 0.1) is 0 Å². The van der Waals surface area contributed by atoms with Gasteiger partial charge in [0.15, 0.2) is 0 Å². The minimum absolute atomic E-state index is 0.336. The lowest BCUT2D eigenvalue weighted by atomic mass is 9.76. The van der Waals surface area contributed by atoms with Crippen molar-refractivity contribution in [3.05, 3.63) is 69.7 Å². The van der Waals surface area contributed by atoms with Gasteiger partial charge in [-0.2, -0.15) is 0 Å². The number of benzene rings is 2. The first-order valence-corrected chi connectivity index (χ1v) is 8.22. The number of carbonyl (C=O) groups is 1. The normalized spacial score (nSPS) is 20.4. The summed E-state index contributed by atoms with van der Waals surface area (Å²) in [6.07, 6.45) is 2.32. The Bertz CT molecular complexity index is 646. The highest BCUT2D eigenvalue weighted by Gasteiger charge is 2.29. The highest BCUT2D eigenvalue weighted by molar-refractivity contribution is 9.10. The molecule has 0 aromatic heterocycles. The van der Waals surface area contributed by atoms with E-state index in [0.717, 1.165) is 29.4 Å². The standard InChI is InChI=1S/C18H18BrNO2/c19-16-7-5-13(6-8-16)15-9-17(10-15)20-11-12-1-3-14(4-2-12)18(21)22/h1-8,15,17,20H,9-11H2,(H,21,22). The Balaban J connectivity index is 1.46. The molecule has 2 N–H and O–H groups in total. The van der Waals surface area contributed by atoms with Gasteiger partial charge < -0.3 is 10.4 Å². The molecule has 3 nitrogen and oxygen atoms in total. The minimum Gasteiger partial charge on any atom is -0.478 e. The van der Waals surface area contributed by atoms with Crippen molar-refractivity contribution in [3.63, 3.8) is 0 Å². The highest BCUT2D eigenvalue weighted by atomic mass is 79.9. The molecule has 2 aromatic carbocycles. The number of halogens is 1. The average Bonchev–Trinajstić information content (AvgIpc) is 2.48.